The van der Waals surface area contributed by atoms with Gasteiger partial charge in [0.15, 0.2) is 0 Å². The summed E-state index contributed by atoms with van der Waals surface area (Å²) in [6.07, 6.45) is 7.66. The van der Waals surface area contributed by atoms with Gasteiger partial charge < -0.3 is 12.6 Å². The van der Waals surface area contributed by atoms with Crippen molar-refractivity contribution in [3.8, 4) is 0 Å². The van der Waals surface area contributed by atoms with E-state index in [0.29, 0.717) is 5.16 Å². The van der Waals surface area contributed by atoms with Gasteiger partial charge in [0.1, 0.15) is 0 Å². The molecular weight excluding hydrogens is 219 g/mol. The van der Waals surface area contributed by atoms with Crippen LogP contribution in [0.5, 0.6) is 0 Å². The molecule has 0 aliphatic carbocycles. The van der Waals surface area contributed by atoms with E-state index in [1.165, 1.54) is 32.1 Å². The van der Waals surface area contributed by atoms with Crippen molar-refractivity contribution in [3.05, 3.63) is 0 Å². The third-order valence-electron chi connectivity index (χ3n) is 2.22. The molecule has 1 aromatic heterocycles. The van der Waals surface area contributed by atoms with Crippen molar-refractivity contribution in [2.75, 3.05) is 0 Å². The summed E-state index contributed by atoms with van der Waals surface area (Å²) in [6.45, 7) is 3.09. The summed E-state index contributed by atoms with van der Waals surface area (Å²) in [6, 6.07) is 0. The van der Waals surface area contributed by atoms with Crippen molar-refractivity contribution >= 4 is 12.6 Å². The van der Waals surface area contributed by atoms with Crippen molar-refractivity contribution in [2.45, 2.75) is 57.1 Å². The summed E-state index contributed by atoms with van der Waals surface area (Å²) in [7, 11) is 0. The monoisotopic (exact) mass is 236 g/mol. The fourth-order valence-electron chi connectivity index (χ4n) is 1.38. The molecule has 4 nitrogen and oxygen atoms in total. The predicted octanol–water partition coefficient (Wildman–Crippen LogP) is -1.06. The smallest absolute Gasteiger partial charge is 0.739 e. The second kappa shape index (κ2) is 9.51. The molecule has 0 bridgehead atoms. The molecule has 1 aromatic rings. The molecule has 0 amide bonds. The minimum Gasteiger partial charge on any atom is -0.739 e. The second-order valence-corrected chi connectivity index (χ2v) is 3.82. The third kappa shape index (κ3) is 6.45. The summed E-state index contributed by atoms with van der Waals surface area (Å²) in [4.78, 5) is 0. The van der Waals surface area contributed by atoms with Crippen LogP contribution < -0.4 is 29.6 Å². The maximum atomic E-state index is 4.93. The van der Waals surface area contributed by atoms with Crippen molar-refractivity contribution in [1.82, 2.24) is 20.2 Å². The molecule has 0 atom stereocenters. The summed E-state index contributed by atoms with van der Waals surface area (Å²) in [5, 5.41) is 11.5. The van der Waals surface area contributed by atoms with E-state index in [1.807, 2.05) is 0 Å². The molecule has 0 aromatic carbocycles. The molecule has 15 heavy (non-hydrogen) atoms. The molecule has 0 N–H and O–H groups in total. The normalized spacial score (nSPS) is 9.93. The molecule has 6 heteroatoms. The fourth-order valence-corrected chi connectivity index (χ4v) is 1.54. The van der Waals surface area contributed by atoms with Crippen LogP contribution in [-0.2, 0) is 19.2 Å². The quantitative estimate of drug-likeness (QED) is 0.344. The molecule has 1 rings (SSSR count). The zero-order valence-corrected chi connectivity index (χ0v) is 12.5. The first-order valence-electron chi connectivity index (χ1n) is 5.27. The van der Waals surface area contributed by atoms with Gasteiger partial charge >= 0.3 is 29.6 Å². The first-order chi connectivity index (χ1) is 6.84. The predicted molar refractivity (Wildman–Crippen MR) is 56.8 cm³/mol. The molecule has 0 spiro atoms. The zero-order valence-electron chi connectivity index (χ0n) is 9.65. The van der Waals surface area contributed by atoms with Gasteiger partial charge in [-0.1, -0.05) is 39.0 Å². The average Bonchev–Trinajstić information content (AvgIpc) is 2.58. The maximum absolute atomic E-state index is 4.93. The first kappa shape index (κ1) is 15.3. The Kier molecular flexibility index (Phi) is 9.70. The molecule has 80 valence electrons. The van der Waals surface area contributed by atoms with Crippen LogP contribution in [0.25, 0.3) is 0 Å². The number of rotatable bonds is 7. The Morgan fingerprint density at radius 2 is 1.80 bits per heavy atom. The first-order valence-corrected chi connectivity index (χ1v) is 5.68. The summed E-state index contributed by atoms with van der Waals surface area (Å²) < 4.78 is 1.69. The van der Waals surface area contributed by atoms with Crippen LogP contribution in [-0.4, -0.2) is 20.2 Å². The number of nitrogens with zero attached hydrogens (tertiary/aromatic N) is 4. The minimum atomic E-state index is 0. The number of aryl methyl sites for hydroxylation is 1. The van der Waals surface area contributed by atoms with Gasteiger partial charge in [-0.2, -0.15) is 0 Å². The van der Waals surface area contributed by atoms with Crippen LogP contribution in [0.2, 0.25) is 0 Å². The van der Waals surface area contributed by atoms with E-state index in [-0.39, 0.29) is 29.6 Å². The zero-order chi connectivity index (χ0) is 10.2. The Balaban J connectivity index is 0.00000196. The average molecular weight is 236 g/mol. The Bertz CT molecular complexity index is 254. The van der Waals surface area contributed by atoms with Crippen LogP contribution >= 0.6 is 0 Å². The van der Waals surface area contributed by atoms with Crippen LogP contribution in [0.3, 0.4) is 0 Å². The summed E-state index contributed by atoms with van der Waals surface area (Å²) in [5.74, 6) is 0. The molecule has 0 aliphatic rings. The Hall–Kier alpha value is 0.290. The van der Waals surface area contributed by atoms with Gasteiger partial charge in [0.05, 0.1) is 0 Å². The third-order valence-corrected chi connectivity index (χ3v) is 2.51. The second-order valence-electron chi connectivity index (χ2n) is 3.45. The Morgan fingerprint density at radius 3 is 2.40 bits per heavy atom. The number of aromatic nitrogens is 4. The van der Waals surface area contributed by atoms with E-state index in [4.69, 9.17) is 12.6 Å². The molecule has 0 unspecified atom stereocenters. The largest absolute Gasteiger partial charge is 1.00 e. The molecule has 0 radical (unpaired) electrons. The number of unbranched alkanes of at least 4 members (excludes halogenated alkanes) is 5. The van der Waals surface area contributed by atoms with Crippen LogP contribution in [0.4, 0.5) is 0 Å². The van der Waals surface area contributed by atoms with Crippen LogP contribution in [0.1, 0.15) is 45.4 Å². The number of tetrazole rings is 1. The molecule has 0 aliphatic heterocycles. The molecule has 1 heterocycles. The summed E-state index contributed by atoms with van der Waals surface area (Å²) in [5.41, 5.74) is 0. The van der Waals surface area contributed by atoms with E-state index in [2.05, 4.69) is 22.4 Å². The number of hydrogen-bond donors (Lipinski definition) is 0. The van der Waals surface area contributed by atoms with E-state index in [1.54, 1.807) is 4.68 Å². The Labute approximate surface area is 119 Å². The topological polar surface area (TPSA) is 43.6 Å². The number of hydrogen-bond acceptors (Lipinski definition) is 4. The van der Waals surface area contributed by atoms with Gasteiger partial charge in [-0.15, -0.1) is 5.10 Å². The molecule has 0 saturated heterocycles. The maximum Gasteiger partial charge on any atom is 1.00 e. The van der Waals surface area contributed by atoms with Crippen molar-refractivity contribution < 1.29 is 29.6 Å². The van der Waals surface area contributed by atoms with Gasteiger partial charge in [0, 0.05) is 11.7 Å². The van der Waals surface area contributed by atoms with Crippen molar-refractivity contribution in [2.24, 2.45) is 0 Å². The van der Waals surface area contributed by atoms with E-state index in [9.17, 15) is 0 Å². The van der Waals surface area contributed by atoms with Gasteiger partial charge in [-0.3, -0.25) is 4.68 Å². The summed E-state index contributed by atoms with van der Waals surface area (Å²) >= 11 is 4.93. The SMILES string of the molecule is CCCCCCCCn1nnnc1[S-].[Na+]. The molecule has 0 fully saturated rings. The molecular formula is C9H17N4NaS. The van der Waals surface area contributed by atoms with E-state index >= 15 is 0 Å². The van der Waals surface area contributed by atoms with Crippen LogP contribution in [0.15, 0.2) is 5.16 Å². The van der Waals surface area contributed by atoms with Gasteiger partial charge in [0.2, 0.25) is 0 Å². The van der Waals surface area contributed by atoms with Gasteiger partial charge in [-0.25, -0.2) is 0 Å². The van der Waals surface area contributed by atoms with Crippen molar-refractivity contribution in [1.29, 1.82) is 0 Å². The van der Waals surface area contributed by atoms with E-state index < -0.39 is 0 Å². The van der Waals surface area contributed by atoms with Crippen molar-refractivity contribution in [3.63, 3.8) is 0 Å². The fraction of sp³-hybridized carbons (Fsp3) is 0.889. The van der Waals surface area contributed by atoms with Crippen LogP contribution in [0, 0.1) is 0 Å². The minimum absolute atomic E-state index is 0. The molecule has 0 saturated carbocycles. The van der Waals surface area contributed by atoms with E-state index in [0.717, 1.165) is 13.0 Å². The van der Waals surface area contributed by atoms with Gasteiger partial charge in [0.25, 0.3) is 0 Å². The van der Waals surface area contributed by atoms with Gasteiger partial charge in [-0.05, 0) is 16.8 Å². The standard InChI is InChI=1S/C9H18N4S.Na/c1-2-3-4-5-6-7-8-13-9(14)10-11-12-13;/h2-8H2,1H3,(H,10,12,14);/q;+1/p-1. The Morgan fingerprint density at radius 1 is 1.13 bits per heavy atom.